The average molecular weight is 429 g/mol. The Hall–Kier alpha value is -2.14. The molecule has 0 saturated carbocycles. The number of amides is 1. The Bertz CT molecular complexity index is 1040. The van der Waals surface area contributed by atoms with E-state index >= 15 is 0 Å². The summed E-state index contributed by atoms with van der Waals surface area (Å²) in [6, 6.07) is 14.9. The van der Waals surface area contributed by atoms with E-state index in [9.17, 15) is 4.79 Å². The number of hydrogen-bond acceptors (Lipinski definition) is 3. The predicted octanol–water partition coefficient (Wildman–Crippen LogP) is 6.94. The van der Waals surface area contributed by atoms with Gasteiger partial charge in [-0.15, -0.1) is 11.3 Å². The zero-order valence-electron chi connectivity index (χ0n) is 15.0. The van der Waals surface area contributed by atoms with Crippen LogP contribution in [0.15, 0.2) is 53.5 Å². The van der Waals surface area contributed by atoms with Gasteiger partial charge in [-0.25, -0.2) is 4.99 Å². The second-order valence-corrected chi connectivity index (χ2v) is 8.48. The van der Waals surface area contributed by atoms with Crippen LogP contribution in [0, 0.1) is 0 Å². The first-order valence-electron chi connectivity index (χ1n) is 9.12. The summed E-state index contributed by atoms with van der Waals surface area (Å²) in [4.78, 5) is 19.0. The average Bonchev–Trinajstić information content (AvgIpc) is 3.08. The molecule has 3 nitrogen and oxygen atoms in total. The van der Waals surface area contributed by atoms with E-state index in [0.717, 1.165) is 47.5 Å². The van der Waals surface area contributed by atoms with Crippen molar-refractivity contribution >= 4 is 57.3 Å². The van der Waals surface area contributed by atoms with E-state index in [1.54, 1.807) is 23.6 Å². The van der Waals surface area contributed by atoms with Gasteiger partial charge >= 0.3 is 0 Å². The normalized spacial score (nSPS) is 13.5. The van der Waals surface area contributed by atoms with Gasteiger partial charge in [0.2, 0.25) is 0 Å². The van der Waals surface area contributed by atoms with Crippen molar-refractivity contribution in [1.29, 1.82) is 0 Å². The number of fused-ring (bicyclic) bond motifs is 1. The number of benzene rings is 2. The molecular weight excluding hydrogens is 411 g/mol. The van der Waals surface area contributed by atoms with Crippen LogP contribution in [-0.2, 0) is 12.8 Å². The van der Waals surface area contributed by atoms with Crippen LogP contribution >= 0.6 is 34.5 Å². The van der Waals surface area contributed by atoms with Crippen LogP contribution < -0.4 is 5.32 Å². The number of para-hydroxylation sites is 1. The third-order valence-corrected chi connectivity index (χ3v) is 6.75. The molecule has 4 rings (SSSR count). The van der Waals surface area contributed by atoms with Crippen molar-refractivity contribution in [1.82, 2.24) is 0 Å². The van der Waals surface area contributed by atoms with Gasteiger partial charge in [0.05, 0.1) is 15.6 Å². The van der Waals surface area contributed by atoms with Gasteiger partial charge in [-0.3, -0.25) is 4.79 Å². The molecule has 0 unspecified atom stereocenters. The van der Waals surface area contributed by atoms with Gasteiger partial charge in [-0.1, -0.05) is 53.5 Å². The first kappa shape index (κ1) is 19.2. The number of aliphatic imine (C=N–C) groups is 1. The number of halogens is 2. The van der Waals surface area contributed by atoms with Crippen molar-refractivity contribution in [2.24, 2.45) is 4.99 Å². The highest BCUT2D eigenvalue weighted by Gasteiger charge is 2.25. The summed E-state index contributed by atoms with van der Waals surface area (Å²) in [5.74, 6) is -0.116. The van der Waals surface area contributed by atoms with Gasteiger partial charge in [0.15, 0.2) is 0 Å². The van der Waals surface area contributed by atoms with E-state index in [-0.39, 0.29) is 5.91 Å². The molecule has 1 N–H and O–H groups in total. The lowest BCUT2D eigenvalue weighted by atomic mass is 9.95. The Morgan fingerprint density at radius 2 is 1.82 bits per heavy atom. The highest BCUT2D eigenvalue weighted by Crippen LogP contribution is 2.40. The molecule has 0 aliphatic heterocycles. The SMILES string of the molecule is O=C(Nc1ccccc1)c1c(N=Cc2cccc(Cl)c2Cl)sc2c1CCCC2. The van der Waals surface area contributed by atoms with Gasteiger partial charge in [-0.05, 0) is 49.4 Å². The fourth-order valence-corrected chi connectivity index (χ4v) is 4.93. The van der Waals surface area contributed by atoms with E-state index in [1.807, 2.05) is 42.5 Å². The minimum atomic E-state index is -0.116. The monoisotopic (exact) mass is 428 g/mol. The number of rotatable bonds is 4. The number of thiophene rings is 1. The lowest BCUT2D eigenvalue weighted by Gasteiger charge is -2.12. The molecular formula is C22H18Cl2N2OS. The maximum absolute atomic E-state index is 13.1. The van der Waals surface area contributed by atoms with E-state index in [2.05, 4.69) is 10.3 Å². The largest absolute Gasteiger partial charge is 0.322 e. The van der Waals surface area contributed by atoms with Gasteiger partial charge in [0.1, 0.15) is 5.00 Å². The van der Waals surface area contributed by atoms with Crippen LogP contribution in [0.25, 0.3) is 0 Å². The van der Waals surface area contributed by atoms with Crippen molar-refractivity contribution < 1.29 is 4.79 Å². The van der Waals surface area contributed by atoms with Gasteiger partial charge < -0.3 is 5.32 Å². The predicted molar refractivity (Wildman–Crippen MR) is 119 cm³/mol. The third-order valence-electron chi connectivity index (χ3n) is 4.71. The number of hydrogen-bond donors (Lipinski definition) is 1. The number of nitrogens with zero attached hydrogens (tertiary/aromatic N) is 1. The second kappa shape index (κ2) is 8.48. The summed E-state index contributed by atoms with van der Waals surface area (Å²) in [7, 11) is 0. The molecule has 1 aliphatic carbocycles. The first-order chi connectivity index (χ1) is 13.6. The van der Waals surface area contributed by atoms with Crippen LogP contribution in [0.2, 0.25) is 10.0 Å². The Labute approximate surface area is 178 Å². The molecule has 6 heteroatoms. The molecule has 1 amide bonds. The number of aryl methyl sites for hydroxylation is 1. The summed E-state index contributed by atoms with van der Waals surface area (Å²) in [5, 5.41) is 4.67. The molecule has 0 atom stereocenters. The summed E-state index contributed by atoms with van der Waals surface area (Å²) in [6.45, 7) is 0. The zero-order chi connectivity index (χ0) is 19.5. The molecule has 3 aromatic rings. The second-order valence-electron chi connectivity index (χ2n) is 6.61. The van der Waals surface area contributed by atoms with Crippen LogP contribution in [-0.4, -0.2) is 12.1 Å². The molecule has 0 saturated heterocycles. The number of carbonyl (C=O) groups is 1. The summed E-state index contributed by atoms with van der Waals surface area (Å²) < 4.78 is 0. The van der Waals surface area contributed by atoms with Gasteiger partial charge in [-0.2, -0.15) is 0 Å². The fourth-order valence-electron chi connectivity index (χ4n) is 3.34. The minimum Gasteiger partial charge on any atom is -0.322 e. The molecule has 1 heterocycles. The van der Waals surface area contributed by atoms with E-state index in [1.165, 1.54) is 4.88 Å². The van der Waals surface area contributed by atoms with Crippen molar-refractivity contribution in [3.63, 3.8) is 0 Å². The van der Waals surface area contributed by atoms with E-state index in [0.29, 0.717) is 15.6 Å². The summed E-state index contributed by atoms with van der Waals surface area (Å²) in [6.07, 6.45) is 5.84. The molecule has 28 heavy (non-hydrogen) atoms. The van der Waals surface area contributed by atoms with E-state index in [4.69, 9.17) is 23.2 Å². The van der Waals surface area contributed by atoms with Crippen molar-refractivity contribution in [3.8, 4) is 0 Å². The highest BCUT2D eigenvalue weighted by molar-refractivity contribution is 7.16. The zero-order valence-corrected chi connectivity index (χ0v) is 17.4. The third kappa shape index (κ3) is 4.00. The van der Waals surface area contributed by atoms with Crippen LogP contribution in [0.1, 0.15) is 39.2 Å². The van der Waals surface area contributed by atoms with Crippen LogP contribution in [0.4, 0.5) is 10.7 Å². The molecule has 142 valence electrons. The van der Waals surface area contributed by atoms with Crippen LogP contribution in [0.5, 0.6) is 0 Å². The quantitative estimate of drug-likeness (QED) is 0.449. The molecule has 0 radical (unpaired) electrons. The van der Waals surface area contributed by atoms with E-state index < -0.39 is 0 Å². The number of anilines is 1. The molecule has 0 bridgehead atoms. The minimum absolute atomic E-state index is 0.116. The topological polar surface area (TPSA) is 41.5 Å². The Kier molecular flexibility index (Phi) is 5.81. The Morgan fingerprint density at radius 1 is 1.04 bits per heavy atom. The standard InChI is InChI=1S/C22H18Cl2N2OS/c23-17-11-6-7-14(20(17)24)13-25-22-19(16-10-4-5-12-18(16)28-22)21(27)26-15-8-2-1-3-9-15/h1-3,6-9,11,13H,4-5,10,12H2,(H,26,27). The van der Waals surface area contributed by atoms with Gasteiger partial charge in [0.25, 0.3) is 5.91 Å². The maximum Gasteiger partial charge on any atom is 0.259 e. The maximum atomic E-state index is 13.1. The number of nitrogens with one attached hydrogen (secondary N) is 1. The lowest BCUT2D eigenvalue weighted by molar-refractivity contribution is 0.102. The Balaban J connectivity index is 1.71. The first-order valence-corrected chi connectivity index (χ1v) is 10.7. The molecule has 0 spiro atoms. The van der Waals surface area contributed by atoms with Crippen molar-refractivity contribution in [3.05, 3.63) is 80.1 Å². The summed E-state index contributed by atoms with van der Waals surface area (Å²) >= 11 is 14.0. The lowest BCUT2D eigenvalue weighted by Crippen LogP contribution is -2.14. The van der Waals surface area contributed by atoms with Crippen LogP contribution in [0.3, 0.4) is 0 Å². The highest BCUT2D eigenvalue weighted by atomic mass is 35.5. The van der Waals surface area contributed by atoms with Crippen molar-refractivity contribution in [2.45, 2.75) is 25.7 Å². The van der Waals surface area contributed by atoms with Crippen molar-refractivity contribution in [2.75, 3.05) is 5.32 Å². The fraction of sp³-hybridized carbons (Fsp3) is 0.182. The summed E-state index contributed by atoms with van der Waals surface area (Å²) in [5.41, 5.74) is 3.32. The van der Waals surface area contributed by atoms with Gasteiger partial charge in [0, 0.05) is 22.3 Å². The molecule has 2 aromatic carbocycles. The molecule has 1 aromatic heterocycles. The molecule has 1 aliphatic rings. The Morgan fingerprint density at radius 3 is 2.64 bits per heavy atom. The molecule has 0 fully saturated rings. The number of carbonyl (C=O) groups excluding carboxylic acids is 1. The smallest absolute Gasteiger partial charge is 0.259 e.